The van der Waals surface area contributed by atoms with E-state index < -0.39 is 5.60 Å². The Morgan fingerprint density at radius 2 is 2.08 bits per heavy atom. The third kappa shape index (κ3) is 4.80. The van der Waals surface area contributed by atoms with Crippen molar-refractivity contribution >= 4 is 39.4 Å². The van der Waals surface area contributed by atoms with Crippen LogP contribution in [0.25, 0.3) is 10.3 Å². The molecule has 0 aliphatic heterocycles. The fraction of sp³-hybridized carbons (Fsp3) is 0.625. The summed E-state index contributed by atoms with van der Waals surface area (Å²) in [4.78, 5) is 33.9. The molecule has 0 radical (unpaired) electrons. The maximum atomic E-state index is 12.8. The number of hydrogen-bond acceptors (Lipinski definition) is 8. The molecule has 0 bridgehead atoms. The van der Waals surface area contributed by atoms with Crippen molar-refractivity contribution in [3.8, 4) is 0 Å². The molecule has 138 valence electrons. The molecule has 0 spiro atoms. The lowest BCUT2D eigenvalue weighted by molar-refractivity contribution is -0.155. The lowest BCUT2D eigenvalue weighted by atomic mass is 10.1. The van der Waals surface area contributed by atoms with Gasteiger partial charge in [-0.15, -0.1) is 0 Å². The van der Waals surface area contributed by atoms with E-state index in [0.29, 0.717) is 16.8 Å². The molecule has 0 aliphatic rings. The predicted molar refractivity (Wildman–Crippen MR) is 99.2 cm³/mol. The van der Waals surface area contributed by atoms with Gasteiger partial charge in [-0.3, -0.25) is 14.2 Å². The number of esters is 1. The highest BCUT2D eigenvalue weighted by Crippen LogP contribution is 2.26. The number of rotatable bonds is 6. The molecule has 2 heterocycles. The first-order chi connectivity index (χ1) is 11.7. The predicted octanol–water partition coefficient (Wildman–Crippen LogP) is 2.75. The zero-order chi connectivity index (χ0) is 18.8. The lowest BCUT2D eigenvalue weighted by Crippen LogP contribution is -2.29. The van der Waals surface area contributed by atoms with E-state index in [0.717, 1.165) is 4.34 Å². The summed E-state index contributed by atoms with van der Waals surface area (Å²) in [5.41, 5.74) is -0.527. The van der Waals surface area contributed by atoms with Crippen molar-refractivity contribution in [3.63, 3.8) is 0 Å². The van der Waals surface area contributed by atoms with Gasteiger partial charge in [0.1, 0.15) is 18.0 Å². The van der Waals surface area contributed by atoms with Crippen LogP contribution in [-0.2, 0) is 16.1 Å². The van der Waals surface area contributed by atoms with Gasteiger partial charge in [-0.25, -0.2) is 9.97 Å². The smallest absolute Gasteiger partial charge is 0.306 e. The second-order valence-corrected chi connectivity index (χ2v) is 8.70. The monoisotopic (exact) mass is 385 g/mol. The van der Waals surface area contributed by atoms with Crippen LogP contribution in [0.5, 0.6) is 0 Å². The van der Waals surface area contributed by atoms with E-state index in [2.05, 4.69) is 9.97 Å². The van der Waals surface area contributed by atoms with Crippen molar-refractivity contribution in [3.05, 3.63) is 16.2 Å². The molecule has 1 atom stereocenters. The summed E-state index contributed by atoms with van der Waals surface area (Å²) in [7, 11) is 0. The van der Waals surface area contributed by atoms with Crippen LogP contribution in [0.1, 0.15) is 52.4 Å². The minimum Gasteiger partial charge on any atom is -0.460 e. The van der Waals surface area contributed by atoms with Crippen molar-refractivity contribution in [1.29, 1.82) is 0 Å². The molecule has 9 heteroatoms. The molecule has 0 saturated heterocycles. The number of fused-ring (bicyclic) bond motifs is 1. The van der Waals surface area contributed by atoms with Gasteiger partial charge in [0.05, 0.1) is 0 Å². The molecule has 0 saturated carbocycles. The summed E-state index contributed by atoms with van der Waals surface area (Å²) < 4.78 is 7.47. The van der Waals surface area contributed by atoms with Gasteiger partial charge < -0.3 is 9.84 Å². The number of aliphatic hydroxyl groups excluding tert-OH is 1. The van der Waals surface area contributed by atoms with Gasteiger partial charge in [-0.05, 0) is 40.4 Å². The Hall–Kier alpha value is -1.45. The zero-order valence-corrected chi connectivity index (χ0v) is 16.7. The van der Waals surface area contributed by atoms with Crippen LogP contribution in [0, 0.1) is 0 Å². The normalized spacial score (nSPS) is 13.2. The van der Waals surface area contributed by atoms with Crippen molar-refractivity contribution < 1.29 is 14.6 Å². The maximum Gasteiger partial charge on any atom is 0.306 e. The molecular weight excluding hydrogens is 362 g/mol. The number of nitrogens with zero attached hydrogens (tertiary/aromatic N) is 3. The summed E-state index contributed by atoms with van der Waals surface area (Å²) in [6.07, 6.45) is 2.47. The first-order valence-electron chi connectivity index (χ1n) is 7.95. The standard InChI is InChI=1S/C16H23N3O4S2/c1-9(6-7-11(21)23-16(2,3)4)19-10(8-20)17-13-12(14(19)22)18-15(24-5)25-13/h9,20H,6-8H2,1-5H3/t9-/m1/s1. The van der Waals surface area contributed by atoms with Crippen molar-refractivity contribution in [2.75, 3.05) is 6.26 Å². The molecule has 7 nitrogen and oxygen atoms in total. The number of hydrogen-bond donors (Lipinski definition) is 1. The zero-order valence-electron chi connectivity index (χ0n) is 15.0. The highest BCUT2D eigenvalue weighted by Gasteiger charge is 2.21. The van der Waals surface area contributed by atoms with Crippen LogP contribution in [0.15, 0.2) is 9.13 Å². The number of carbonyl (C=O) groups excluding carboxylic acids is 1. The van der Waals surface area contributed by atoms with Crippen LogP contribution in [0.4, 0.5) is 0 Å². The fourth-order valence-corrected chi connectivity index (χ4v) is 3.85. The highest BCUT2D eigenvalue weighted by atomic mass is 32.2. The van der Waals surface area contributed by atoms with E-state index in [-0.39, 0.29) is 36.4 Å². The van der Waals surface area contributed by atoms with Gasteiger partial charge in [-0.2, -0.15) is 0 Å². The topological polar surface area (TPSA) is 94.3 Å². The fourth-order valence-electron chi connectivity index (χ4n) is 2.41. The van der Waals surface area contributed by atoms with Gasteiger partial charge in [0.25, 0.3) is 5.56 Å². The van der Waals surface area contributed by atoms with E-state index in [1.165, 1.54) is 27.7 Å². The van der Waals surface area contributed by atoms with Crippen LogP contribution in [0.3, 0.4) is 0 Å². The third-order valence-corrected chi connectivity index (χ3v) is 5.40. The van der Waals surface area contributed by atoms with Crippen LogP contribution < -0.4 is 5.56 Å². The minimum atomic E-state index is -0.539. The largest absolute Gasteiger partial charge is 0.460 e. The Bertz CT molecular complexity index is 823. The number of thioether (sulfide) groups is 1. The van der Waals surface area contributed by atoms with Crippen molar-refractivity contribution in [2.24, 2.45) is 0 Å². The van der Waals surface area contributed by atoms with Gasteiger partial charge in [-0.1, -0.05) is 23.1 Å². The number of carbonyl (C=O) groups is 1. The second kappa shape index (κ2) is 7.84. The first kappa shape index (κ1) is 19.9. The van der Waals surface area contributed by atoms with E-state index >= 15 is 0 Å². The van der Waals surface area contributed by atoms with Crippen molar-refractivity contribution in [1.82, 2.24) is 14.5 Å². The van der Waals surface area contributed by atoms with Gasteiger partial charge in [0, 0.05) is 12.5 Å². The summed E-state index contributed by atoms with van der Waals surface area (Å²) in [6, 6.07) is -0.307. The highest BCUT2D eigenvalue weighted by molar-refractivity contribution is 8.00. The van der Waals surface area contributed by atoms with E-state index in [4.69, 9.17) is 4.74 Å². The van der Waals surface area contributed by atoms with Gasteiger partial charge in [0.15, 0.2) is 14.7 Å². The average molecular weight is 386 g/mol. The third-order valence-electron chi connectivity index (χ3n) is 3.46. The Morgan fingerprint density at radius 1 is 1.40 bits per heavy atom. The summed E-state index contributed by atoms with van der Waals surface area (Å²) in [6.45, 7) is 6.90. The SMILES string of the molecule is CSc1nc2c(=O)n([C@H](C)CCC(=O)OC(C)(C)C)c(CO)nc2s1. The van der Waals surface area contributed by atoms with Crippen LogP contribution >= 0.6 is 23.1 Å². The molecule has 0 aromatic carbocycles. The number of ether oxygens (including phenoxy) is 1. The average Bonchev–Trinajstić information content (AvgIpc) is 2.94. The first-order valence-corrected chi connectivity index (χ1v) is 9.99. The van der Waals surface area contributed by atoms with Crippen molar-refractivity contribution in [2.45, 2.75) is 63.1 Å². The lowest BCUT2D eigenvalue weighted by Gasteiger charge is -2.21. The van der Waals surface area contributed by atoms with E-state index in [1.807, 2.05) is 34.0 Å². The Labute approximate surface area is 154 Å². The summed E-state index contributed by atoms with van der Waals surface area (Å²) in [5, 5.41) is 9.61. The molecule has 1 N–H and O–H groups in total. The molecule has 2 rings (SSSR count). The Kier molecular flexibility index (Phi) is 6.23. The quantitative estimate of drug-likeness (QED) is 0.603. The summed E-state index contributed by atoms with van der Waals surface area (Å²) >= 11 is 2.77. The molecule has 0 aliphatic carbocycles. The molecule has 25 heavy (non-hydrogen) atoms. The summed E-state index contributed by atoms with van der Waals surface area (Å²) in [5.74, 6) is -0.0317. The molecule has 0 unspecified atom stereocenters. The Morgan fingerprint density at radius 3 is 2.64 bits per heavy atom. The molecule has 0 fully saturated rings. The molecule has 0 amide bonds. The number of thiazole rings is 1. The van der Waals surface area contributed by atoms with Crippen LogP contribution in [0.2, 0.25) is 0 Å². The van der Waals surface area contributed by atoms with E-state index in [1.54, 1.807) is 0 Å². The van der Waals surface area contributed by atoms with Crippen LogP contribution in [-0.4, -0.2) is 37.5 Å². The molecule has 2 aromatic heterocycles. The van der Waals surface area contributed by atoms with Gasteiger partial charge >= 0.3 is 5.97 Å². The van der Waals surface area contributed by atoms with Gasteiger partial charge in [0.2, 0.25) is 0 Å². The number of aromatic nitrogens is 3. The Balaban J connectivity index is 2.27. The number of aliphatic hydroxyl groups is 1. The maximum absolute atomic E-state index is 12.8. The second-order valence-electron chi connectivity index (χ2n) is 6.67. The molecule has 2 aromatic rings. The molecular formula is C16H23N3O4S2. The van der Waals surface area contributed by atoms with E-state index in [9.17, 15) is 14.7 Å². The minimum absolute atomic E-state index is 0.181.